The summed E-state index contributed by atoms with van der Waals surface area (Å²) in [5.41, 5.74) is 1.10. The molecule has 1 fully saturated rings. The molecule has 2 atom stereocenters. The van der Waals surface area contributed by atoms with E-state index in [1.165, 1.54) is 31.4 Å². The third-order valence-corrected chi connectivity index (χ3v) is 4.31. The highest BCUT2D eigenvalue weighted by molar-refractivity contribution is 5.25. The van der Waals surface area contributed by atoms with Gasteiger partial charge in [-0.1, -0.05) is 43.7 Å². The van der Waals surface area contributed by atoms with Crippen LogP contribution in [0, 0.1) is 0 Å². The molecule has 18 heavy (non-hydrogen) atoms. The first-order chi connectivity index (χ1) is 8.65. The first-order valence-corrected chi connectivity index (χ1v) is 7.06. The Morgan fingerprint density at radius 2 is 2.00 bits per heavy atom. The number of aliphatic hydroxyl groups excluding tert-OH is 1. The van der Waals surface area contributed by atoms with E-state index in [2.05, 4.69) is 43.0 Å². The number of hydrogen-bond donors (Lipinski definition) is 1. The molecule has 0 aliphatic carbocycles. The Morgan fingerprint density at radius 1 is 1.28 bits per heavy atom. The molecule has 0 bridgehead atoms. The predicted molar refractivity (Wildman–Crippen MR) is 75.8 cm³/mol. The quantitative estimate of drug-likeness (QED) is 0.884. The normalized spacial score (nSPS) is 24.7. The predicted octanol–water partition coefficient (Wildman–Crippen LogP) is 2.81. The second-order valence-electron chi connectivity index (χ2n) is 5.90. The van der Waals surface area contributed by atoms with Crippen LogP contribution in [0.25, 0.3) is 0 Å². The van der Waals surface area contributed by atoms with Gasteiger partial charge in [-0.2, -0.15) is 0 Å². The molecule has 100 valence electrons. The van der Waals surface area contributed by atoms with E-state index in [-0.39, 0.29) is 12.0 Å². The van der Waals surface area contributed by atoms with Gasteiger partial charge in [0, 0.05) is 18.0 Å². The maximum atomic E-state index is 9.83. The minimum atomic E-state index is -0.146. The average Bonchev–Trinajstić information content (AvgIpc) is 2.42. The zero-order chi connectivity index (χ0) is 13.0. The average molecular weight is 247 g/mol. The van der Waals surface area contributed by atoms with Crippen LogP contribution in [0.15, 0.2) is 30.3 Å². The highest BCUT2D eigenvalue weighted by atomic mass is 16.3. The van der Waals surface area contributed by atoms with Gasteiger partial charge >= 0.3 is 0 Å². The molecule has 0 spiro atoms. The highest BCUT2D eigenvalue weighted by Gasteiger charge is 2.31. The lowest BCUT2D eigenvalue weighted by molar-refractivity contribution is 0.0960. The Morgan fingerprint density at radius 3 is 2.61 bits per heavy atom. The number of benzene rings is 1. The number of nitrogens with zero attached hydrogens (tertiary/aromatic N) is 1. The van der Waals surface area contributed by atoms with Crippen LogP contribution in [-0.2, 0) is 5.41 Å². The molecular formula is C16H25NO. The van der Waals surface area contributed by atoms with Crippen LogP contribution in [0.4, 0.5) is 0 Å². The van der Waals surface area contributed by atoms with Crippen molar-refractivity contribution in [2.75, 3.05) is 19.7 Å². The largest absolute Gasteiger partial charge is 0.395 e. The number of rotatable bonds is 4. The summed E-state index contributed by atoms with van der Waals surface area (Å²) in [5.74, 6) is 0. The molecule has 1 N–H and O–H groups in total. The van der Waals surface area contributed by atoms with Gasteiger partial charge in [-0.3, -0.25) is 4.90 Å². The zero-order valence-electron chi connectivity index (χ0n) is 11.6. The zero-order valence-corrected chi connectivity index (χ0v) is 11.6. The molecule has 1 aromatic carbocycles. The lowest BCUT2D eigenvalue weighted by Gasteiger charge is -2.40. The van der Waals surface area contributed by atoms with E-state index in [1.807, 2.05) is 6.07 Å². The van der Waals surface area contributed by atoms with Crippen LogP contribution in [0.3, 0.4) is 0 Å². The Kier molecular flexibility index (Phi) is 4.41. The molecular weight excluding hydrogens is 222 g/mol. The Labute approximate surface area is 111 Å². The monoisotopic (exact) mass is 247 g/mol. The van der Waals surface area contributed by atoms with Crippen LogP contribution in [0.1, 0.15) is 38.7 Å². The van der Waals surface area contributed by atoms with Gasteiger partial charge in [-0.15, -0.1) is 0 Å². The van der Waals surface area contributed by atoms with Gasteiger partial charge in [0.2, 0.25) is 0 Å². The number of piperidine rings is 1. The van der Waals surface area contributed by atoms with Crippen LogP contribution in [0.5, 0.6) is 0 Å². The summed E-state index contributed by atoms with van der Waals surface area (Å²) in [5, 5.41) is 9.83. The Hall–Kier alpha value is -0.860. The highest BCUT2D eigenvalue weighted by Crippen LogP contribution is 2.27. The molecule has 1 saturated heterocycles. The fourth-order valence-electron chi connectivity index (χ4n) is 2.91. The van der Waals surface area contributed by atoms with Crippen LogP contribution in [-0.4, -0.2) is 35.7 Å². The van der Waals surface area contributed by atoms with Crippen LogP contribution in [0.2, 0.25) is 0 Å². The van der Waals surface area contributed by atoms with E-state index in [9.17, 15) is 5.11 Å². The van der Waals surface area contributed by atoms with Crippen molar-refractivity contribution in [2.24, 2.45) is 0 Å². The summed E-state index contributed by atoms with van der Waals surface area (Å²) in [6.45, 7) is 6.81. The first-order valence-electron chi connectivity index (χ1n) is 7.06. The molecule has 2 nitrogen and oxygen atoms in total. The molecule has 1 heterocycles. The van der Waals surface area contributed by atoms with Crippen molar-refractivity contribution in [1.29, 1.82) is 0 Å². The van der Waals surface area contributed by atoms with Crippen molar-refractivity contribution < 1.29 is 5.11 Å². The summed E-state index contributed by atoms with van der Waals surface area (Å²) >= 11 is 0. The SMILES string of the molecule is CC1CCCCN1CC(C)(CO)c1ccccc1. The number of aliphatic hydroxyl groups is 1. The smallest absolute Gasteiger partial charge is 0.0537 e. The van der Waals surface area contributed by atoms with Gasteiger partial charge in [0.05, 0.1) is 6.61 Å². The van der Waals surface area contributed by atoms with E-state index in [0.717, 1.165) is 6.54 Å². The standard InChI is InChI=1S/C16H25NO/c1-14-8-6-7-11-17(14)12-16(2,13-18)15-9-4-3-5-10-15/h3-5,9-10,14,18H,6-8,11-13H2,1-2H3. The van der Waals surface area contributed by atoms with Crippen molar-refractivity contribution in [2.45, 2.75) is 44.6 Å². The summed E-state index contributed by atoms with van der Waals surface area (Å²) in [6, 6.07) is 11.1. The molecule has 1 aliphatic rings. The van der Waals surface area contributed by atoms with Gasteiger partial charge in [-0.05, 0) is 31.9 Å². The number of likely N-dealkylation sites (tertiary alicyclic amines) is 1. The summed E-state index contributed by atoms with van der Waals surface area (Å²) in [7, 11) is 0. The fraction of sp³-hybridized carbons (Fsp3) is 0.625. The van der Waals surface area contributed by atoms with Crippen molar-refractivity contribution in [3.63, 3.8) is 0 Å². The van der Waals surface area contributed by atoms with E-state index in [0.29, 0.717) is 6.04 Å². The molecule has 2 unspecified atom stereocenters. The molecule has 0 saturated carbocycles. The van der Waals surface area contributed by atoms with Crippen molar-refractivity contribution in [3.8, 4) is 0 Å². The van der Waals surface area contributed by atoms with Crippen molar-refractivity contribution in [3.05, 3.63) is 35.9 Å². The first kappa shape index (κ1) is 13.6. The topological polar surface area (TPSA) is 23.5 Å². The molecule has 2 rings (SSSR count). The second kappa shape index (κ2) is 5.85. The van der Waals surface area contributed by atoms with Gasteiger partial charge in [-0.25, -0.2) is 0 Å². The van der Waals surface area contributed by atoms with Gasteiger partial charge in [0.1, 0.15) is 0 Å². The minimum Gasteiger partial charge on any atom is -0.395 e. The third kappa shape index (κ3) is 2.93. The lowest BCUT2D eigenvalue weighted by Crippen LogP contribution is -2.47. The molecule has 0 amide bonds. The van der Waals surface area contributed by atoms with Crippen LogP contribution >= 0.6 is 0 Å². The summed E-state index contributed by atoms with van der Waals surface area (Å²) in [6.07, 6.45) is 3.93. The molecule has 1 aliphatic heterocycles. The summed E-state index contributed by atoms with van der Waals surface area (Å²) < 4.78 is 0. The van der Waals surface area contributed by atoms with Crippen LogP contribution < -0.4 is 0 Å². The van der Waals surface area contributed by atoms with Gasteiger partial charge in [0.25, 0.3) is 0 Å². The molecule has 2 heteroatoms. The Balaban J connectivity index is 2.12. The fourth-order valence-corrected chi connectivity index (χ4v) is 2.91. The molecule has 0 aromatic heterocycles. The van der Waals surface area contributed by atoms with Crippen molar-refractivity contribution >= 4 is 0 Å². The van der Waals surface area contributed by atoms with Gasteiger partial charge in [0.15, 0.2) is 0 Å². The van der Waals surface area contributed by atoms with E-state index in [1.54, 1.807) is 0 Å². The maximum absolute atomic E-state index is 9.83. The second-order valence-corrected chi connectivity index (χ2v) is 5.90. The van der Waals surface area contributed by atoms with Gasteiger partial charge < -0.3 is 5.11 Å². The van der Waals surface area contributed by atoms with E-state index in [4.69, 9.17) is 0 Å². The maximum Gasteiger partial charge on any atom is 0.0537 e. The van der Waals surface area contributed by atoms with E-state index < -0.39 is 0 Å². The lowest BCUT2D eigenvalue weighted by atomic mass is 9.82. The summed E-state index contributed by atoms with van der Waals surface area (Å²) in [4.78, 5) is 2.53. The van der Waals surface area contributed by atoms with E-state index >= 15 is 0 Å². The molecule has 1 aromatic rings. The third-order valence-electron chi connectivity index (χ3n) is 4.31. The number of hydrogen-bond acceptors (Lipinski definition) is 2. The Bertz CT molecular complexity index is 365. The molecule has 0 radical (unpaired) electrons. The van der Waals surface area contributed by atoms with Crippen molar-refractivity contribution in [1.82, 2.24) is 4.90 Å². The minimum absolute atomic E-state index is 0.146.